The second-order valence-corrected chi connectivity index (χ2v) is 5.34. The van der Waals surface area contributed by atoms with Crippen molar-refractivity contribution in [2.24, 2.45) is 0 Å². The summed E-state index contributed by atoms with van der Waals surface area (Å²) in [5, 5.41) is 9.67. The van der Waals surface area contributed by atoms with Gasteiger partial charge in [-0.05, 0) is 12.1 Å². The second kappa shape index (κ2) is 6.84. The van der Waals surface area contributed by atoms with Crippen LogP contribution in [-0.2, 0) is 0 Å². The smallest absolute Gasteiger partial charge is 0.314 e. The summed E-state index contributed by atoms with van der Waals surface area (Å²) in [6, 6.07) is 3.63. The molecule has 0 aromatic carbocycles. The molecule has 2 saturated heterocycles. The van der Waals surface area contributed by atoms with E-state index in [1.54, 1.807) is 12.4 Å². The Morgan fingerprint density at radius 3 is 2.81 bits per heavy atom. The highest BCUT2D eigenvalue weighted by atomic mass is 16.2. The molecule has 1 aromatic rings. The van der Waals surface area contributed by atoms with Gasteiger partial charge >= 0.3 is 6.03 Å². The van der Waals surface area contributed by atoms with Crippen LogP contribution in [0.1, 0.15) is 0 Å². The summed E-state index contributed by atoms with van der Waals surface area (Å²) in [6.07, 6.45) is 3.49. The number of carbonyl (C=O) groups excluding carboxylic acids is 1. The Labute approximate surface area is 124 Å². The van der Waals surface area contributed by atoms with E-state index < -0.39 is 0 Å². The van der Waals surface area contributed by atoms with Crippen LogP contribution in [0.25, 0.3) is 0 Å². The van der Waals surface area contributed by atoms with Crippen molar-refractivity contribution in [1.29, 1.82) is 0 Å². The lowest BCUT2D eigenvalue weighted by Crippen LogP contribution is -2.64. The van der Waals surface area contributed by atoms with Gasteiger partial charge in [0, 0.05) is 52.0 Å². The third-order valence-electron chi connectivity index (χ3n) is 3.96. The Balaban J connectivity index is 1.66. The third kappa shape index (κ3) is 3.49. The van der Waals surface area contributed by atoms with Crippen LogP contribution in [0, 0.1) is 0 Å². The zero-order valence-electron chi connectivity index (χ0n) is 12.1. The van der Waals surface area contributed by atoms with Gasteiger partial charge in [0.2, 0.25) is 0 Å². The molecule has 3 rings (SSSR count). The van der Waals surface area contributed by atoms with E-state index in [1.165, 1.54) is 0 Å². The summed E-state index contributed by atoms with van der Waals surface area (Å²) in [5.74, 6) is 0. The molecule has 114 valence electrons. The highest BCUT2D eigenvalue weighted by Crippen LogP contribution is 2.13. The number of hydrogen-bond acceptors (Lipinski definition) is 5. The first kappa shape index (κ1) is 14.2. The van der Waals surface area contributed by atoms with Gasteiger partial charge in [0.05, 0.1) is 18.1 Å². The summed E-state index contributed by atoms with van der Waals surface area (Å²) in [6.45, 7) is 6.29. The predicted molar refractivity (Wildman–Crippen MR) is 81.1 cm³/mol. The molecule has 7 nitrogen and oxygen atoms in total. The van der Waals surface area contributed by atoms with Crippen molar-refractivity contribution in [1.82, 2.24) is 25.4 Å². The average molecular weight is 290 g/mol. The Morgan fingerprint density at radius 2 is 2.05 bits per heavy atom. The second-order valence-electron chi connectivity index (χ2n) is 5.34. The molecule has 2 aliphatic heterocycles. The minimum absolute atomic E-state index is 0.0481. The van der Waals surface area contributed by atoms with Crippen molar-refractivity contribution in [2.45, 2.75) is 6.17 Å². The van der Waals surface area contributed by atoms with Gasteiger partial charge in [-0.2, -0.15) is 0 Å². The lowest BCUT2D eigenvalue weighted by Gasteiger charge is -2.44. The van der Waals surface area contributed by atoms with Crippen molar-refractivity contribution < 1.29 is 4.79 Å². The zero-order valence-corrected chi connectivity index (χ0v) is 12.1. The standard InChI is InChI=1S/C14H22N6O/c21-14(18-12-2-1-3-16-10-12)20-9-6-17-11-13(20)19-7-4-15-5-8-19/h1-3,10,13,15,17H,4-9,11H2,(H,18,21). The van der Waals surface area contributed by atoms with Crippen LogP contribution in [0.3, 0.4) is 0 Å². The molecule has 1 atom stereocenters. The highest BCUT2D eigenvalue weighted by Gasteiger charge is 2.31. The Kier molecular flexibility index (Phi) is 4.64. The molecule has 2 amide bonds. The molecule has 0 radical (unpaired) electrons. The molecule has 3 heterocycles. The molecule has 3 N–H and O–H groups in total. The lowest BCUT2D eigenvalue weighted by atomic mass is 10.2. The number of pyridine rings is 1. The fraction of sp³-hybridized carbons (Fsp3) is 0.571. The van der Waals surface area contributed by atoms with Crippen LogP contribution in [0.5, 0.6) is 0 Å². The van der Waals surface area contributed by atoms with Crippen LogP contribution in [-0.4, -0.2) is 72.8 Å². The zero-order chi connectivity index (χ0) is 14.5. The molecule has 0 bridgehead atoms. The number of piperazine rings is 2. The number of carbonyl (C=O) groups is 1. The molecule has 0 spiro atoms. The topological polar surface area (TPSA) is 72.5 Å². The van der Waals surface area contributed by atoms with Gasteiger partial charge in [0.25, 0.3) is 0 Å². The first-order chi connectivity index (χ1) is 10.3. The fourth-order valence-corrected chi connectivity index (χ4v) is 2.87. The predicted octanol–water partition coefficient (Wildman–Crippen LogP) is -0.250. The molecule has 2 fully saturated rings. The first-order valence-electron chi connectivity index (χ1n) is 7.48. The maximum atomic E-state index is 12.5. The third-order valence-corrected chi connectivity index (χ3v) is 3.96. The summed E-state index contributed by atoms with van der Waals surface area (Å²) in [5.41, 5.74) is 0.736. The molecule has 0 saturated carbocycles. The summed E-state index contributed by atoms with van der Waals surface area (Å²) < 4.78 is 0. The van der Waals surface area contributed by atoms with E-state index in [1.807, 2.05) is 17.0 Å². The van der Waals surface area contributed by atoms with Crippen LogP contribution in [0.15, 0.2) is 24.5 Å². The molecule has 0 aliphatic carbocycles. The fourth-order valence-electron chi connectivity index (χ4n) is 2.87. The Morgan fingerprint density at radius 1 is 1.24 bits per heavy atom. The van der Waals surface area contributed by atoms with Crippen molar-refractivity contribution in [3.63, 3.8) is 0 Å². The van der Waals surface area contributed by atoms with E-state index in [-0.39, 0.29) is 12.2 Å². The van der Waals surface area contributed by atoms with Crippen molar-refractivity contribution in [3.8, 4) is 0 Å². The minimum atomic E-state index is -0.0481. The summed E-state index contributed by atoms with van der Waals surface area (Å²) in [7, 11) is 0. The van der Waals surface area contributed by atoms with Gasteiger partial charge in [0.1, 0.15) is 0 Å². The van der Waals surface area contributed by atoms with E-state index in [2.05, 4.69) is 25.8 Å². The number of aromatic nitrogens is 1. The first-order valence-corrected chi connectivity index (χ1v) is 7.48. The summed E-state index contributed by atoms with van der Waals surface area (Å²) in [4.78, 5) is 20.9. The van der Waals surface area contributed by atoms with Crippen LogP contribution in [0.4, 0.5) is 10.5 Å². The normalized spacial score (nSPS) is 23.8. The highest BCUT2D eigenvalue weighted by molar-refractivity contribution is 5.89. The van der Waals surface area contributed by atoms with Gasteiger partial charge in [-0.1, -0.05) is 0 Å². The van der Waals surface area contributed by atoms with Crippen LogP contribution >= 0.6 is 0 Å². The van der Waals surface area contributed by atoms with Crippen molar-refractivity contribution >= 4 is 11.7 Å². The molecular weight excluding hydrogens is 268 g/mol. The number of nitrogens with one attached hydrogen (secondary N) is 3. The number of rotatable bonds is 2. The minimum Gasteiger partial charge on any atom is -0.314 e. The molecular formula is C14H22N6O. The van der Waals surface area contributed by atoms with Crippen molar-refractivity contribution in [2.75, 3.05) is 51.1 Å². The average Bonchev–Trinajstić information content (AvgIpc) is 2.56. The maximum absolute atomic E-state index is 12.5. The quantitative estimate of drug-likeness (QED) is 0.700. The molecule has 1 unspecified atom stereocenters. The molecule has 1 aromatic heterocycles. The van der Waals surface area contributed by atoms with Gasteiger partial charge < -0.3 is 20.9 Å². The Bertz CT molecular complexity index is 462. The number of urea groups is 1. The van der Waals surface area contributed by atoms with E-state index in [0.29, 0.717) is 0 Å². The van der Waals surface area contributed by atoms with E-state index >= 15 is 0 Å². The maximum Gasteiger partial charge on any atom is 0.323 e. The van der Waals surface area contributed by atoms with E-state index in [0.717, 1.165) is 51.5 Å². The van der Waals surface area contributed by atoms with Gasteiger partial charge in [-0.15, -0.1) is 0 Å². The van der Waals surface area contributed by atoms with E-state index in [4.69, 9.17) is 0 Å². The molecule has 21 heavy (non-hydrogen) atoms. The Hall–Kier alpha value is -1.70. The van der Waals surface area contributed by atoms with Crippen LogP contribution < -0.4 is 16.0 Å². The number of hydrogen-bond donors (Lipinski definition) is 3. The largest absolute Gasteiger partial charge is 0.323 e. The van der Waals surface area contributed by atoms with Gasteiger partial charge in [-0.25, -0.2) is 4.79 Å². The molecule has 2 aliphatic rings. The lowest BCUT2D eigenvalue weighted by molar-refractivity contribution is 0.0450. The monoisotopic (exact) mass is 290 g/mol. The number of anilines is 1. The van der Waals surface area contributed by atoms with Gasteiger partial charge in [0.15, 0.2) is 0 Å². The number of nitrogens with zero attached hydrogens (tertiary/aromatic N) is 3. The number of amides is 2. The summed E-state index contributed by atoms with van der Waals surface area (Å²) >= 11 is 0. The SMILES string of the molecule is O=C(Nc1cccnc1)N1CCNCC1N1CCNCC1. The van der Waals surface area contributed by atoms with E-state index in [9.17, 15) is 4.79 Å². The van der Waals surface area contributed by atoms with Crippen LogP contribution in [0.2, 0.25) is 0 Å². The van der Waals surface area contributed by atoms with Crippen molar-refractivity contribution in [3.05, 3.63) is 24.5 Å². The van der Waals surface area contributed by atoms with Gasteiger partial charge in [-0.3, -0.25) is 9.88 Å². The molecule has 7 heteroatoms.